The van der Waals surface area contributed by atoms with Crippen LogP contribution in [0.3, 0.4) is 0 Å². The molecular weight excluding hydrogens is 264 g/mol. The third-order valence-electron chi connectivity index (χ3n) is 2.25. The van der Waals surface area contributed by atoms with Gasteiger partial charge in [-0.15, -0.1) is 23.1 Å². The number of aliphatic carboxylic acids is 1. The fourth-order valence-corrected chi connectivity index (χ4v) is 3.18. The van der Waals surface area contributed by atoms with Crippen LogP contribution in [0.15, 0.2) is 52.1 Å². The Hall–Kier alpha value is -1.52. The first-order chi connectivity index (χ1) is 8.74. The number of carboxylic acids is 1. The molecule has 2 rings (SSSR count). The predicted octanol–water partition coefficient (Wildman–Crippen LogP) is 4.14. The van der Waals surface area contributed by atoms with E-state index in [1.165, 1.54) is 9.77 Å². The topological polar surface area (TPSA) is 37.3 Å². The van der Waals surface area contributed by atoms with Crippen molar-refractivity contribution in [3.05, 3.63) is 59.0 Å². The highest BCUT2D eigenvalue weighted by Gasteiger charge is 1.98. The molecule has 0 aliphatic heterocycles. The largest absolute Gasteiger partial charge is 0.478 e. The lowest BCUT2D eigenvalue weighted by molar-refractivity contribution is -0.131. The van der Waals surface area contributed by atoms with E-state index >= 15 is 0 Å². The maximum absolute atomic E-state index is 10.4. The minimum atomic E-state index is -0.923. The Morgan fingerprint density at radius 3 is 2.94 bits per heavy atom. The van der Waals surface area contributed by atoms with E-state index < -0.39 is 5.97 Å². The van der Waals surface area contributed by atoms with Crippen molar-refractivity contribution in [1.82, 2.24) is 0 Å². The van der Waals surface area contributed by atoms with Crippen molar-refractivity contribution in [1.29, 1.82) is 0 Å². The van der Waals surface area contributed by atoms with Crippen molar-refractivity contribution in [2.45, 2.75) is 9.96 Å². The van der Waals surface area contributed by atoms with Gasteiger partial charge < -0.3 is 5.11 Å². The van der Waals surface area contributed by atoms with E-state index in [2.05, 4.69) is 17.5 Å². The van der Waals surface area contributed by atoms with Gasteiger partial charge in [0.25, 0.3) is 0 Å². The average molecular weight is 276 g/mol. The Labute approximate surface area is 114 Å². The zero-order chi connectivity index (χ0) is 12.8. The average Bonchev–Trinajstić information content (AvgIpc) is 2.87. The smallest absolute Gasteiger partial charge is 0.328 e. The summed E-state index contributed by atoms with van der Waals surface area (Å²) in [7, 11) is 0. The Balaban J connectivity index is 2.01. The van der Waals surface area contributed by atoms with Crippen LogP contribution in [0.4, 0.5) is 0 Å². The van der Waals surface area contributed by atoms with E-state index in [4.69, 9.17) is 5.11 Å². The van der Waals surface area contributed by atoms with Crippen LogP contribution in [-0.4, -0.2) is 11.1 Å². The summed E-state index contributed by atoms with van der Waals surface area (Å²) in [4.78, 5) is 10.4. The molecule has 0 saturated carbocycles. The summed E-state index contributed by atoms with van der Waals surface area (Å²) in [5, 5.41) is 10.6. The lowest BCUT2D eigenvalue weighted by atomic mass is 10.1. The molecule has 2 nitrogen and oxygen atoms in total. The first kappa shape index (κ1) is 12.9. The summed E-state index contributed by atoms with van der Waals surface area (Å²) in [5.41, 5.74) is 2.11. The zero-order valence-corrected chi connectivity index (χ0v) is 11.2. The third kappa shape index (κ3) is 4.05. The summed E-state index contributed by atoms with van der Waals surface area (Å²) in [6, 6.07) is 12.1. The lowest BCUT2D eigenvalue weighted by Crippen LogP contribution is -1.86. The number of rotatable bonds is 5. The zero-order valence-electron chi connectivity index (χ0n) is 9.58. The van der Waals surface area contributed by atoms with Gasteiger partial charge in [0.1, 0.15) is 0 Å². The quantitative estimate of drug-likeness (QED) is 0.659. The van der Waals surface area contributed by atoms with E-state index in [1.807, 2.05) is 24.3 Å². The molecule has 1 heterocycles. The molecule has 92 valence electrons. The molecule has 0 unspecified atom stereocenters. The fourth-order valence-electron chi connectivity index (χ4n) is 1.45. The van der Waals surface area contributed by atoms with Crippen LogP contribution in [0.1, 0.15) is 11.1 Å². The Kier molecular flexibility index (Phi) is 4.61. The molecule has 1 N–H and O–H groups in total. The van der Waals surface area contributed by atoms with Crippen LogP contribution in [0.25, 0.3) is 6.08 Å². The van der Waals surface area contributed by atoms with Crippen LogP contribution in [-0.2, 0) is 10.5 Å². The fraction of sp³-hybridized carbons (Fsp3) is 0.0714. The summed E-state index contributed by atoms with van der Waals surface area (Å²) >= 11 is 3.52. The van der Waals surface area contributed by atoms with Crippen LogP contribution in [0.5, 0.6) is 0 Å². The molecule has 0 saturated heterocycles. The van der Waals surface area contributed by atoms with Gasteiger partial charge in [-0.1, -0.05) is 30.3 Å². The highest BCUT2D eigenvalue weighted by atomic mass is 32.2. The summed E-state index contributed by atoms with van der Waals surface area (Å²) in [6.07, 6.45) is 2.77. The van der Waals surface area contributed by atoms with E-state index in [1.54, 1.807) is 29.2 Å². The number of thiophene rings is 1. The summed E-state index contributed by atoms with van der Waals surface area (Å²) in [5.74, 6) is -0.0247. The molecule has 2 aromatic rings. The normalized spacial score (nSPS) is 10.9. The summed E-state index contributed by atoms with van der Waals surface area (Å²) < 4.78 is 1.29. The molecule has 0 radical (unpaired) electrons. The maximum Gasteiger partial charge on any atom is 0.328 e. The Morgan fingerprint density at radius 2 is 2.22 bits per heavy atom. The van der Waals surface area contributed by atoms with Gasteiger partial charge in [0.2, 0.25) is 0 Å². The van der Waals surface area contributed by atoms with Crippen molar-refractivity contribution in [3.63, 3.8) is 0 Å². The number of thioether (sulfide) groups is 1. The molecule has 0 aliphatic carbocycles. The molecule has 1 aromatic heterocycles. The molecule has 4 heteroatoms. The molecule has 18 heavy (non-hydrogen) atoms. The van der Waals surface area contributed by atoms with E-state index in [-0.39, 0.29) is 0 Å². The van der Waals surface area contributed by atoms with E-state index in [9.17, 15) is 4.79 Å². The number of carbonyl (C=O) groups is 1. The predicted molar refractivity (Wildman–Crippen MR) is 77.0 cm³/mol. The number of carboxylic acid groups (broad SMARTS) is 1. The lowest BCUT2D eigenvalue weighted by Gasteiger charge is -2.01. The van der Waals surface area contributed by atoms with Crippen LogP contribution in [0, 0.1) is 0 Å². The minimum Gasteiger partial charge on any atom is -0.478 e. The van der Waals surface area contributed by atoms with Crippen LogP contribution < -0.4 is 0 Å². The first-order valence-electron chi connectivity index (χ1n) is 5.40. The van der Waals surface area contributed by atoms with Crippen LogP contribution >= 0.6 is 23.1 Å². The molecule has 0 aliphatic rings. The van der Waals surface area contributed by atoms with Gasteiger partial charge in [-0.3, -0.25) is 0 Å². The highest BCUT2D eigenvalue weighted by molar-refractivity contribution is 8.00. The Bertz CT molecular complexity index is 545. The number of benzene rings is 1. The van der Waals surface area contributed by atoms with Gasteiger partial charge in [-0.25, -0.2) is 4.79 Å². The molecule has 0 spiro atoms. The molecule has 0 amide bonds. The van der Waals surface area contributed by atoms with Crippen molar-refractivity contribution in [2.24, 2.45) is 0 Å². The third-order valence-corrected chi connectivity index (χ3v) is 4.45. The molecule has 1 aromatic carbocycles. The molecule has 0 atom stereocenters. The van der Waals surface area contributed by atoms with Gasteiger partial charge in [0.15, 0.2) is 0 Å². The second-order valence-corrected chi connectivity index (χ2v) is 5.86. The first-order valence-corrected chi connectivity index (χ1v) is 7.27. The SMILES string of the molecule is O=C(O)/C=C/c1cccc(CSc2cccs2)c1. The van der Waals surface area contributed by atoms with Crippen LogP contribution in [0.2, 0.25) is 0 Å². The molecule has 0 fully saturated rings. The second-order valence-electron chi connectivity index (χ2n) is 3.64. The molecule has 0 bridgehead atoms. The van der Waals surface area contributed by atoms with Gasteiger partial charge in [0.05, 0.1) is 4.21 Å². The van der Waals surface area contributed by atoms with Gasteiger partial charge in [-0.2, -0.15) is 0 Å². The number of hydrogen-bond acceptors (Lipinski definition) is 3. The minimum absolute atomic E-state index is 0.898. The Morgan fingerprint density at radius 1 is 1.33 bits per heavy atom. The van der Waals surface area contributed by atoms with Crippen molar-refractivity contribution in [2.75, 3.05) is 0 Å². The summed E-state index contributed by atoms with van der Waals surface area (Å²) in [6.45, 7) is 0. The number of hydrogen-bond donors (Lipinski definition) is 1. The van der Waals surface area contributed by atoms with Gasteiger partial charge in [0, 0.05) is 11.8 Å². The van der Waals surface area contributed by atoms with E-state index in [0.717, 1.165) is 17.4 Å². The van der Waals surface area contributed by atoms with Gasteiger partial charge >= 0.3 is 5.97 Å². The molecular formula is C14H12O2S2. The van der Waals surface area contributed by atoms with Crippen molar-refractivity contribution in [3.8, 4) is 0 Å². The standard InChI is InChI=1S/C14H12O2S2/c15-13(16)7-6-11-3-1-4-12(9-11)10-18-14-5-2-8-17-14/h1-9H,10H2,(H,15,16)/b7-6+. The van der Waals surface area contributed by atoms with Gasteiger partial charge in [-0.05, 0) is 28.6 Å². The highest BCUT2D eigenvalue weighted by Crippen LogP contribution is 2.27. The van der Waals surface area contributed by atoms with Crippen molar-refractivity contribution < 1.29 is 9.90 Å². The second kappa shape index (κ2) is 6.42. The monoisotopic (exact) mass is 276 g/mol. The van der Waals surface area contributed by atoms with E-state index in [0.29, 0.717) is 0 Å². The van der Waals surface area contributed by atoms with Crippen molar-refractivity contribution >= 4 is 35.1 Å². The maximum atomic E-state index is 10.4.